The van der Waals surface area contributed by atoms with E-state index in [0.29, 0.717) is 11.1 Å². The molecule has 18 heavy (non-hydrogen) atoms. The molecule has 0 saturated carbocycles. The Morgan fingerprint density at radius 1 is 1.17 bits per heavy atom. The summed E-state index contributed by atoms with van der Waals surface area (Å²) in [6.45, 7) is 0. The lowest BCUT2D eigenvalue weighted by molar-refractivity contribution is -0.124. The molecule has 0 aromatic carbocycles. The summed E-state index contributed by atoms with van der Waals surface area (Å²) in [6, 6.07) is 0.158. The van der Waals surface area contributed by atoms with Gasteiger partial charge in [-0.2, -0.15) is 0 Å². The van der Waals surface area contributed by atoms with Crippen molar-refractivity contribution in [2.24, 2.45) is 10.9 Å². The molecule has 4 aliphatic rings. The molecular formula is C13H11N3O2. The SMILES string of the molecule is O=C1NC(=O)C2=C1C=CC1C2NC2C=CC=NC21. The maximum absolute atomic E-state index is 11.8. The molecule has 0 aromatic rings. The van der Waals surface area contributed by atoms with Gasteiger partial charge in [0.05, 0.1) is 6.04 Å². The second-order valence-electron chi connectivity index (χ2n) is 4.89. The minimum absolute atomic E-state index is 0.105. The number of hydrogen-bond acceptors (Lipinski definition) is 4. The van der Waals surface area contributed by atoms with Gasteiger partial charge in [-0.3, -0.25) is 19.9 Å². The van der Waals surface area contributed by atoms with E-state index in [1.54, 1.807) is 12.3 Å². The van der Waals surface area contributed by atoms with Crippen LogP contribution in [-0.2, 0) is 9.59 Å². The number of imide groups is 1. The van der Waals surface area contributed by atoms with E-state index in [2.05, 4.69) is 21.7 Å². The lowest BCUT2D eigenvalue weighted by atomic mass is 9.83. The quantitative estimate of drug-likeness (QED) is 0.560. The summed E-state index contributed by atoms with van der Waals surface area (Å²) < 4.78 is 0. The minimum atomic E-state index is -0.291. The number of rotatable bonds is 0. The highest BCUT2D eigenvalue weighted by molar-refractivity contribution is 6.21. The molecule has 5 nitrogen and oxygen atoms in total. The van der Waals surface area contributed by atoms with Gasteiger partial charge in [-0.05, 0) is 6.08 Å². The second-order valence-corrected chi connectivity index (χ2v) is 4.89. The first-order valence-electron chi connectivity index (χ1n) is 6.00. The third kappa shape index (κ3) is 1.12. The predicted molar refractivity (Wildman–Crippen MR) is 64.9 cm³/mol. The smallest absolute Gasteiger partial charge is 0.258 e. The van der Waals surface area contributed by atoms with Crippen molar-refractivity contribution in [1.29, 1.82) is 0 Å². The number of allylic oxidation sites excluding steroid dienone is 1. The van der Waals surface area contributed by atoms with Crippen molar-refractivity contribution >= 4 is 18.0 Å². The molecular weight excluding hydrogens is 230 g/mol. The summed E-state index contributed by atoms with van der Waals surface area (Å²) >= 11 is 0. The van der Waals surface area contributed by atoms with Crippen LogP contribution in [0.3, 0.4) is 0 Å². The number of hydrogen-bond donors (Lipinski definition) is 2. The summed E-state index contributed by atoms with van der Waals surface area (Å²) in [5.74, 6) is -0.416. The van der Waals surface area contributed by atoms with Gasteiger partial charge >= 0.3 is 0 Å². The Labute approximate surface area is 103 Å². The fourth-order valence-corrected chi connectivity index (χ4v) is 3.20. The number of aliphatic imine (C=N–C) groups is 1. The van der Waals surface area contributed by atoms with Gasteiger partial charge in [-0.1, -0.05) is 18.2 Å². The lowest BCUT2D eigenvalue weighted by Crippen LogP contribution is -2.37. The molecule has 3 heterocycles. The first-order chi connectivity index (χ1) is 8.75. The molecule has 3 aliphatic heterocycles. The minimum Gasteiger partial charge on any atom is -0.301 e. The Morgan fingerprint density at radius 2 is 2.06 bits per heavy atom. The van der Waals surface area contributed by atoms with E-state index in [1.165, 1.54) is 0 Å². The largest absolute Gasteiger partial charge is 0.301 e. The number of nitrogens with zero attached hydrogens (tertiary/aromatic N) is 1. The predicted octanol–water partition coefficient (Wildman–Crippen LogP) is -0.525. The van der Waals surface area contributed by atoms with Crippen LogP contribution in [-0.4, -0.2) is 36.2 Å². The standard InChI is InChI=1S/C13H11N3O2/c17-12-6-3-4-7-10-8(2-1-5-14-10)15-11(7)9(6)13(18)16-12/h1-5,7-8,10-11,15H,(H,16,17,18). The van der Waals surface area contributed by atoms with Gasteiger partial charge in [-0.25, -0.2) is 0 Å². The van der Waals surface area contributed by atoms with Crippen LogP contribution < -0.4 is 10.6 Å². The van der Waals surface area contributed by atoms with Crippen molar-refractivity contribution in [3.8, 4) is 0 Å². The van der Waals surface area contributed by atoms with E-state index >= 15 is 0 Å². The summed E-state index contributed by atoms with van der Waals surface area (Å²) in [4.78, 5) is 27.9. The van der Waals surface area contributed by atoms with Crippen molar-refractivity contribution in [1.82, 2.24) is 10.6 Å². The third-order valence-electron chi connectivity index (χ3n) is 3.98. The van der Waals surface area contributed by atoms with Crippen LogP contribution in [0.4, 0.5) is 0 Å². The normalized spacial score (nSPS) is 39.8. The topological polar surface area (TPSA) is 70.6 Å². The summed E-state index contributed by atoms with van der Waals surface area (Å²) in [5, 5.41) is 5.75. The number of carbonyl (C=O) groups excluding carboxylic acids is 2. The molecule has 1 fully saturated rings. The lowest BCUT2D eigenvalue weighted by Gasteiger charge is -2.22. The highest BCUT2D eigenvalue weighted by atomic mass is 16.2. The Balaban J connectivity index is 1.79. The van der Waals surface area contributed by atoms with Gasteiger partial charge in [0, 0.05) is 35.4 Å². The molecule has 2 amide bonds. The molecule has 1 saturated heterocycles. The Bertz CT molecular complexity index is 585. The van der Waals surface area contributed by atoms with Crippen LogP contribution in [0, 0.1) is 5.92 Å². The maximum atomic E-state index is 11.8. The molecule has 4 rings (SSSR count). The number of nitrogens with one attached hydrogen (secondary N) is 2. The van der Waals surface area contributed by atoms with Crippen LogP contribution in [0.1, 0.15) is 0 Å². The van der Waals surface area contributed by atoms with E-state index in [0.717, 1.165) is 0 Å². The zero-order valence-corrected chi connectivity index (χ0v) is 9.46. The van der Waals surface area contributed by atoms with Crippen molar-refractivity contribution < 1.29 is 9.59 Å². The average Bonchev–Trinajstić information content (AvgIpc) is 2.88. The number of amides is 2. The van der Waals surface area contributed by atoms with E-state index in [9.17, 15) is 9.59 Å². The second kappa shape index (κ2) is 3.26. The highest BCUT2D eigenvalue weighted by Gasteiger charge is 2.48. The molecule has 0 bridgehead atoms. The first-order valence-corrected chi connectivity index (χ1v) is 6.00. The van der Waals surface area contributed by atoms with Gasteiger partial charge in [-0.15, -0.1) is 0 Å². The third-order valence-corrected chi connectivity index (χ3v) is 3.98. The van der Waals surface area contributed by atoms with Crippen LogP contribution >= 0.6 is 0 Å². The van der Waals surface area contributed by atoms with Gasteiger partial charge < -0.3 is 5.32 Å². The molecule has 1 aliphatic carbocycles. The summed E-state index contributed by atoms with van der Waals surface area (Å²) in [7, 11) is 0. The van der Waals surface area contributed by atoms with Crippen LogP contribution in [0.15, 0.2) is 40.4 Å². The van der Waals surface area contributed by atoms with E-state index in [4.69, 9.17) is 0 Å². The molecule has 4 atom stereocenters. The summed E-state index contributed by atoms with van der Waals surface area (Å²) in [6.07, 6.45) is 9.51. The van der Waals surface area contributed by atoms with Crippen LogP contribution in [0.2, 0.25) is 0 Å². The summed E-state index contributed by atoms with van der Waals surface area (Å²) in [5.41, 5.74) is 1.07. The van der Waals surface area contributed by atoms with Crippen molar-refractivity contribution in [2.75, 3.05) is 0 Å². The van der Waals surface area contributed by atoms with Crippen molar-refractivity contribution in [3.63, 3.8) is 0 Å². The van der Waals surface area contributed by atoms with Gasteiger partial charge in [0.2, 0.25) is 0 Å². The molecule has 5 heteroatoms. The van der Waals surface area contributed by atoms with Gasteiger partial charge in [0.1, 0.15) is 0 Å². The first kappa shape index (κ1) is 9.96. The number of carbonyl (C=O) groups is 2. The monoisotopic (exact) mass is 241 g/mol. The fourth-order valence-electron chi connectivity index (χ4n) is 3.20. The highest BCUT2D eigenvalue weighted by Crippen LogP contribution is 2.37. The van der Waals surface area contributed by atoms with Gasteiger partial charge in [0.15, 0.2) is 0 Å². The van der Waals surface area contributed by atoms with E-state index < -0.39 is 0 Å². The average molecular weight is 241 g/mol. The Hall–Kier alpha value is -2.01. The molecule has 0 radical (unpaired) electrons. The van der Waals surface area contributed by atoms with Gasteiger partial charge in [0.25, 0.3) is 11.8 Å². The zero-order chi connectivity index (χ0) is 12.3. The molecule has 90 valence electrons. The van der Waals surface area contributed by atoms with Crippen molar-refractivity contribution in [3.05, 3.63) is 35.5 Å². The Morgan fingerprint density at radius 3 is 2.94 bits per heavy atom. The molecule has 0 spiro atoms. The van der Waals surface area contributed by atoms with Crippen molar-refractivity contribution in [2.45, 2.75) is 18.1 Å². The molecule has 0 aromatic heterocycles. The van der Waals surface area contributed by atoms with E-state index in [1.807, 2.05) is 12.2 Å². The number of dihydropyridines is 1. The molecule has 2 N–H and O–H groups in total. The Kier molecular flexibility index (Phi) is 1.81. The number of fused-ring (bicyclic) bond motifs is 4. The van der Waals surface area contributed by atoms with Crippen LogP contribution in [0.5, 0.6) is 0 Å². The maximum Gasteiger partial charge on any atom is 0.258 e. The fraction of sp³-hybridized carbons (Fsp3) is 0.308. The zero-order valence-electron chi connectivity index (χ0n) is 9.46. The van der Waals surface area contributed by atoms with E-state index in [-0.39, 0.29) is 35.9 Å². The van der Waals surface area contributed by atoms with Crippen LogP contribution in [0.25, 0.3) is 0 Å². The molecule has 4 unspecified atom stereocenters.